The summed E-state index contributed by atoms with van der Waals surface area (Å²) in [5.41, 5.74) is 1.49. The van der Waals surface area contributed by atoms with Gasteiger partial charge in [-0.15, -0.1) is 23.5 Å². The third-order valence-electron chi connectivity index (χ3n) is 3.73. The highest BCUT2D eigenvalue weighted by Crippen LogP contribution is 2.39. The Morgan fingerprint density at radius 3 is 2.92 bits per heavy atom. The van der Waals surface area contributed by atoms with E-state index in [1.54, 1.807) is 24.9 Å². The van der Waals surface area contributed by atoms with E-state index in [4.69, 9.17) is 4.74 Å². The van der Waals surface area contributed by atoms with E-state index in [-0.39, 0.29) is 18.2 Å². The number of hydrogen-bond donors (Lipinski definition) is 2. The van der Waals surface area contributed by atoms with Crippen LogP contribution in [0.4, 0.5) is 11.4 Å². The molecule has 0 radical (unpaired) electrons. The van der Waals surface area contributed by atoms with Crippen LogP contribution in [0.2, 0.25) is 0 Å². The predicted molar refractivity (Wildman–Crippen MR) is 103 cm³/mol. The monoisotopic (exact) mass is 374 g/mol. The van der Waals surface area contributed by atoms with Crippen molar-refractivity contribution in [2.24, 2.45) is 0 Å². The van der Waals surface area contributed by atoms with Crippen molar-refractivity contribution in [1.82, 2.24) is 0 Å². The largest absolute Gasteiger partial charge is 0.497 e. The number of carbonyl (C=O) groups is 2. The number of hydrogen-bond acceptors (Lipinski definition) is 5. The van der Waals surface area contributed by atoms with Crippen LogP contribution in [0.5, 0.6) is 5.75 Å². The van der Waals surface area contributed by atoms with Gasteiger partial charge >= 0.3 is 0 Å². The summed E-state index contributed by atoms with van der Waals surface area (Å²) in [7, 11) is 1.60. The van der Waals surface area contributed by atoms with Gasteiger partial charge in [0.15, 0.2) is 0 Å². The van der Waals surface area contributed by atoms with Crippen molar-refractivity contribution in [3.8, 4) is 5.75 Å². The third-order valence-corrected chi connectivity index (χ3v) is 5.71. The van der Waals surface area contributed by atoms with Gasteiger partial charge in [-0.05, 0) is 42.7 Å². The molecule has 2 amide bonds. The molecule has 2 aromatic rings. The predicted octanol–water partition coefficient (Wildman–Crippen LogP) is 3.86. The first-order chi connectivity index (χ1) is 12.1. The van der Waals surface area contributed by atoms with Crippen molar-refractivity contribution >= 4 is 46.7 Å². The summed E-state index contributed by atoms with van der Waals surface area (Å²) in [4.78, 5) is 26.6. The number of benzene rings is 2. The maximum absolute atomic E-state index is 12.3. The van der Waals surface area contributed by atoms with Crippen LogP contribution in [-0.4, -0.2) is 30.4 Å². The summed E-state index contributed by atoms with van der Waals surface area (Å²) in [6.07, 6.45) is 2.09. The standard InChI is InChI=1S/C18H18N2O3S2/c1-23-12-6-7-14-15(9-12)25-16(18(22)20-14)10-17(21)19-11-4-3-5-13(8-11)24-2/h3-9,16H,10H2,1-2H3,(H,19,21)(H,20,22)/t16-/m0/s1. The van der Waals surface area contributed by atoms with Gasteiger partial charge in [-0.25, -0.2) is 0 Å². The molecule has 0 aromatic heterocycles. The molecular weight excluding hydrogens is 356 g/mol. The molecule has 0 unspecified atom stereocenters. The number of carbonyl (C=O) groups excluding carboxylic acids is 2. The second kappa shape index (κ2) is 7.84. The number of rotatable bonds is 5. The Morgan fingerprint density at radius 1 is 1.32 bits per heavy atom. The fraction of sp³-hybridized carbons (Fsp3) is 0.222. The van der Waals surface area contributed by atoms with Crippen molar-refractivity contribution in [2.45, 2.75) is 21.5 Å². The number of methoxy groups -OCH3 is 1. The number of fused-ring (bicyclic) bond motifs is 1. The summed E-state index contributed by atoms with van der Waals surface area (Å²) >= 11 is 2.99. The van der Waals surface area contributed by atoms with E-state index in [2.05, 4.69) is 10.6 Å². The van der Waals surface area contributed by atoms with Crippen molar-refractivity contribution in [1.29, 1.82) is 0 Å². The molecule has 0 spiro atoms. The maximum atomic E-state index is 12.3. The molecule has 3 rings (SSSR count). The molecule has 0 bridgehead atoms. The molecule has 1 atom stereocenters. The second-order valence-corrected chi connectivity index (χ2v) is 7.57. The molecule has 0 saturated heterocycles. The Morgan fingerprint density at radius 2 is 2.16 bits per heavy atom. The Labute approximate surface area is 154 Å². The molecule has 0 aliphatic carbocycles. The summed E-state index contributed by atoms with van der Waals surface area (Å²) in [5.74, 6) is 0.382. The Bertz CT molecular complexity index is 811. The van der Waals surface area contributed by atoms with Crippen LogP contribution in [0.1, 0.15) is 6.42 Å². The summed E-state index contributed by atoms with van der Waals surface area (Å²) in [6, 6.07) is 13.1. The molecule has 1 aliphatic heterocycles. The summed E-state index contributed by atoms with van der Waals surface area (Å²) < 4.78 is 5.22. The fourth-order valence-corrected chi connectivity index (χ4v) is 4.06. The molecule has 25 heavy (non-hydrogen) atoms. The van der Waals surface area contributed by atoms with E-state index in [1.807, 2.05) is 42.7 Å². The summed E-state index contributed by atoms with van der Waals surface area (Å²) in [6.45, 7) is 0. The summed E-state index contributed by atoms with van der Waals surface area (Å²) in [5, 5.41) is 5.24. The first-order valence-corrected chi connectivity index (χ1v) is 9.79. The van der Waals surface area contributed by atoms with Crippen LogP contribution in [0.15, 0.2) is 52.3 Å². The number of nitrogens with one attached hydrogen (secondary N) is 2. The SMILES string of the molecule is COc1ccc2c(c1)S[C@@H](CC(=O)Nc1cccc(SC)c1)C(=O)N2. The zero-order valence-corrected chi connectivity index (χ0v) is 15.5. The van der Waals surface area contributed by atoms with Gasteiger partial charge in [0.25, 0.3) is 0 Å². The molecule has 2 aromatic carbocycles. The molecule has 7 heteroatoms. The van der Waals surface area contributed by atoms with E-state index < -0.39 is 5.25 Å². The molecule has 2 N–H and O–H groups in total. The second-order valence-electron chi connectivity index (χ2n) is 5.44. The van der Waals surface area contributed by atoms with Gasteiger partial charge in [-0.2, -0.15) is 0 Å². The molecule has 0 saturated carbocycles. The zero-order valence-electron chi connectivity index (χ0n) is 13.9. The van der Waals surface area contributed by atoms with E-state index in [9.17, 15) is 9.59 Å². The number of anilines is 2. The van der Waals surface area contributed by atoms with Gasteiger partial charge in [0.2, 0.25) is 11.8 Å². The topological polar surface area (TPSA) is 67.4 Å². The van der Waals surface area contributed by atoms with Crippen molar-refractivity contribution in [3.63, 3.8) is 0 Å². The van der Waals surface area contributed by atoms with Gasteiger partial charge in [0.05, 0.1) is 18.0 Å². The lowest BCUT2D eigenvalue weighted by Gasteiger charge is -2.24. The smallest absolute Gasteiger partial charge is 0.238 e. The molecular formula is C18H18N2O3S2. The molecule has 130 valence electrons. The molecule has 1 heterocycles. The van der Waals surface area contributed by atoms with Crippen molar-refractivity contribution in [3.05, 3.63) is 42.5 Å². The average molecular weight is 374 g/mol. The Hall–Kier alpha value is -2.12. The first-order valence-electron chi connectivity index (χ1n) is 7.68. The molecule has 1 aliphatic rings. The minimum Gasteiger partial charge on any atom is -0.497 e. The fourth-order valence-electron chi connectivity index (χ4n) is 2.47. The maximum Gasteiger partial charge on any atom is 0.238 e. The number of ether oxygens (including phenoxy) is 1. The van der Waals surface area contributed by atoms with E-state index in [0.29, 0.717) is 0 Å². The highest BCUT2D eigenvalue weighted by molar-refractivity contribution is 8.01. The van der Waals surface area contributed by atoms with E-state index >= 15 is 0 Å². The van der Waals surface area contributed by atoms with Crippen LogP contribution in [-0.2, 0) is 9.59 Å². The van der Waals surface area contributed by atoms with Gasteiger partial charge in [0, 0.05) is 21.9 Å². The first kappa shape index (κ1) is 17.7. The average Bonchev–Trinajstić information content (AvgIpc) is 2.62. The van der Waals surface area contributed by atoms with Crippen LogP contribution in [0, 0.1) is 0 Å². The van der Waals surface area contributed by atoms with Gasteiger partial charge in [0.1, 0.15) is 5.75 Å². The highest BCUT2D eigenvalue weighted by Gasteiger charge is 2.29. The van der Waals surface area contributed by atoms with E-state index in [0.717, 1.165) is 26.9 Å². The third kappa shape index (κ3) is 4.29. The molecule has 5 nitrogen and oxygen atoms in total. The number of thioether (sulfide) groups is 2. The quantitative estimate of drug-likeness (QED) is 0.778. The lowest BCUT2D eigenvalue weighted by molar-refractivity contribution is -0.120. The minimum atomic E-state index is -0.469. The number of amides is 2. The normalized spacial score (nSPS) is 15.9. The minimum absolute atomic E-state index is 0.108. The van der Waals surface area contributed by atoms with Crippen LogP contribution in [0.3, 0.4) is 0 Å². The Kier molecular flexibility index (Phi) is 5.55. The van der Waals surface area contributed by atoms with Crippen molar-refractivity contribution < 1.29 is 14.3 Å². The van der Waals surface area contributed by atoms with E-state index in [1.165, 1.54) is 11.8 Å². The highest BCUT2D eigenvalue weighted by atomic mass is 32.2. The van der Waals surface area contributed by atoms with Gasteiger partial charge in [-0.1, -0.05) is 6.07 Å². The van der Waals surface area contributed by atoms with Crippen LogP contribution < -0.4 is 15.4 Å². The molecule has 0 fully saturated rings. The Balaban J connectivity index is 1.67. The van der Waals surface area contributed by atoms with Crippen LogP contribution in [0.25, 0.3) is 0 Å². The van der Waals surface area contributed by atoms with Gasteiger partial charge < -0.3 is 15.4 Å². The van der Waals surface area contributed by atoms with Gasteiger partial charge in [-0.3, -0.25) is 9.59 Å². The van der Waals surface area contributed by atoms with Crippen molar-refractivity contribution in [2.75, 3.05) is 24.0 Å². The van der Waals surface area contributed by atoms with Crippen LogP contribution >= 0.6 is 23.5 Å². The lowest BCUT2D eigenvalue weighted by atomic mass is 10.2. The zero-order chi connectivity index (χ0) is 17.8. The lowest BCUT2D eigenvalue weighted by Crippen LogP contribution is -2.32.